The van der Waals surface area contributed by atoms with Gasteiger partial charge < -0.3 is 10.2 Å². The molecule has 1 saturated heterocycles. The molecule has 1 aliphatic heterocycles. The number of rotatable bonds is 4. The Labute approximate surface area is 140 Å². The van der Waals surface area contributed by atoms with Gasteiger partial charge in [-0.25, -0.2) is 14.4 Å². The fourth-order valence-corrected chi connectivity index (χ4v) is 2.78. The lowest BCUT2D eigenvalue weighted by atomic mass is 10.2. The molecule has 126 valence electrons. The molecule has 0 aliphatic carbocycles. The highest BCUT2D eigenvalue weighted by molar-refractivity contribution is 5.92. The second-order valence-electron chi connectivity index (χ2n) is 5.95. The first kappa shape index (κ1) is 16.4. The van der Waals surface area contributed by atoms with E-state index >= 15 is 0 Å². The molecule has 2 heterocycles. The van der Waals surface area contributed by atoms with Gasteiger partial charge in [0.1, 0.15) is 11.5 Å². The highest BCUT2D eigenvalue weighted by Crippen LogP contribution is 2.13. The number of halogens is 1. The van der Waals surface area contributed by atoms with E-state index < -0.39 is 0 Å². The Morgan fingerprint density at radius 1 is 1.08 bits per heavy atom. The van der Waals surface area contributed by atoms with Gasteiger partial charge in [-0.1, -0.05) is 25.0 Å². The Balaban J connectivity index is 1.64. The van der Waals surface area contributed by atoms with Gasteiger partial charge in [0.15, 0.2) is 0 Å². The summed E-state index contributed by atoms with van der Waals surface area (Å²) in [4.78, 5) is 22.9. The van der Waals surface area contributed by atoms with E-state index in [-0.39, 0.29) is 11.7 Å². The predicted octanol–water partition coefficient (Wildman–Crippen LogP) is 3.24. The van der Waals surface area contributed by atoms with Crippen molar-refractivity contribution in [1.29, 1.82) is 0 Å². The number of carbonyl (C=O) groups is 1. The van der Waals surface area contributed by atoms with Crippen LogP contribution in [0.15, 0.2) is 36.5 Å². The first-order valence-electron chi connectivity index (χ1n) is 8.33. The Morgan fingerprint density at radius 3 is 2.50 bits per heavy atom. The molecule has 1 amide bonds. The summed E-state index contributed by atoms with van der Waals surface area (Å²) in [5, 5.41) is 3.08. The smallest absolute Gasteiger partial charge is 0.272 e. The van der Waals surface area contributed by atoms with E-state index in [1.165, 1.54) is 25.0 Å². The molecule has 0 radical (unpaired) electrons. The number of nitrogens with one attached hydrogen (secondary N) is 1. The van der Waals surface area contributed by atoms with Gasteiger partial charge in [-0.3, -0.25) is 4.79 Å². The monoisotopic (exact) mass is 328 g/mol. The minimum atomic E-state index is -0.264. The first-order chi connectivity index (χ1) is 11.7. The van der Waals surface area contributed by atoms with Crippen LogP contribution in [0, 0.1) is 5.82 Å². The molecule has 3 rings (SSSR count). The summed E-state index contributed by atoms with van der Waals surface area (Å²) in [5.74, 6) is 0.101. The summed E-state index contributed by atoms with van der Waals surface area (Å²) in [6, 6.07) is 7.88. The lowest BCUT2D eigenvalue weighted by Crippen LogP contribution is -2.32. The Morgan fingerprint density at radius 2 is 1.79 bits per heavy atom. The van der Waals surface area contributed by atoms with E-state index in [9.17, 15) is 9.18 Å². The molecule has 6 heteroatoms. The third-order valence-corrected chi connectivity index (χ3v) is 4.13. The summed E-state index contributed by atoms with van der Waals surface area (Å²) in [7, 11) is 0. The van der Waals surface area contributed by atoms with Crippen LogP contribution in [0.1, 0.15) is 41.7 Å². The third-order valence-electron chi connectivity index (χ3n) is 4.13. The number of aromatic nitrogens is 2. The second kappa shape index (κ2) is 7.86. The molecule has 0 saturated carbocycles. The van der Waals surface area contributed by atoms with Crippen molar-refractivity contribution in [1.82, 2.24) is 14.9 Å². The van der Waals surface area contributed by atoms with Crippen LogP contribution in [0.3, 0.4) is 0 Å². The van der Waals surface area contributed by atoms with E-state index in [2.05, 4.69) is 15.3 Å². The van der Waals surface area contributed by atoms with Crippen molar-refractivity contribution < 1.29 is 9.18 Å². The van der Waals surface area contributed by atoms with Crippen LogP contribution in [0.5, 0.6) is 0 Å². The van der Waals surface area contributed by atoms with Gasteiger partial charge in [-0.15, -0.1) is 0 Å². The zero-order valence-electron chi connectivity index (χ0n) is 13.5. The van der Waals surface area contributed by atoms with Gasteiger partial charge in [0, 0.05) is 25.8 Å². The number of likely N-dealkylation sites (tertiary alicyclic amines) is 1. The number of anilines is 1. The van der Waals surface area contributed by atoms with Crippen LogP contribution in [0.4, 0.5) is 10.3 Å². The first-order valence-corrected chi connectivity index (χ1v) is 8.33. The molecule has 24 heavy (non-hydrogen) atoms. The Kier molecular flexibility index (Phi) is 5.36. The molecule has 1 aromatic heterocycles. The van der Waals surface area contributed by atoms with Crippen LogP contribution in [0.2, 0.25) is 0 Å². The Hall–Kier alpha value is -2.50. The number of nitrogens with zero attached hydrogens (tertiary/aromatic N) is 3. The van der Waals surface area contributed by atoms with Gasteiger partial charge >= 0.3 is 0 Å². The average molecular weight is 328 g/mol. The van der Waals surface area contributed by atoms with Crippen molar-refractivity contribution in [2.24, 2.45) is 0 Å². The van der Waals surface area contributed by atoms with E-state index in [4.69, 9.17) is 0 Å². The topological polar surface area (TPSA) is 58.1 Å². The minimum absolute atomic E-state index is 0.0378. The fraction of sp³-hybridized carbons (Fsp3) is 0.389. The maximum Gasteiger partial charge on any atom is 0.272 e. The highest BCUT2D eigenvalue weighted by Gasteiger charge is 2.18. The zero-order chi connectivity index (χ0) is 16.8. The summed E-state index contributed by atoms with van der Waals surface area (Å²) >= 11 is 0. The van der Waals surface area contributed by atoms with Crippen molar-refractivity contribution in [3.05, 3.63) is 53.6 Å². The summed E-state index contributed by atoms with van der Waals surface area (Å²) < 4.78 is 12.9. The molecule has 1 N–H and O–H groups in total. The number of hydrogen-bond acceptors (Lipinski definition) is 4. The molecule has 0 atom stereocenters. The summed E-state index contributed by atoms with van der Waals surface area (Å²) in [5.41, 5.74) is 1.33. The minimum Gasteiger partial charge on any atom is -0.350 e. The third kappa shape index (κ3) is 4.28. The van der Waals surface area contributed by atoms with E-state index in [1.54, 1.807) is 24.4 Å². The van der Waals surface area contributed by atoms with Gasteiger partial charge in [-0.2, -0.15) is 0 Å². The molecule has 0 spiro atoms. The van der Waals surface area contributed by atoms with Crippen molar-refractivity contribution in [2.75, 3.05) is 18.4 Å². The van der Waals surface area contributed by atoms with Gasteiger partial charge in [0.2, 0.25) is 5.95 Å². The standard InChI is InChI=1S/C18H21FN4O/c19-15-7-5-14(6-8-15)13-21-18-20-10-9-16(22-18)17(24)23-11-3-1-2-4-12-23/h5-10H,1-4,11-13H2,(H,20,21,22). The number of amides is 1. The maximum absolute atomic E-state index is 12.9. The molecule has 1 fully saturated rings. The van der Waals surface area contributed by atoms with Crippen LogP contribution in [0.25, 0.3) is 0 Å². The van der Waals surface area contributed by atoms with Crippen LogP contribution < -0.4 is 5.32 Å². The van der Waals surface area contributed by atoms with E-state index in [0.29, 0.717) is 18.2 Å². The fourth-order valence-electron chi connectivity index (χ4n) is 2.78. The van der Waals surface area contributed by atoms with E-state index in [1.807, 2.05) is 4.90 Å². The van der Waals surface area contributed by atoms with Crippen molar-refractivity contribution in [3.8, 4) is 0 Å². The molecule has 0 unspecified atom stereocenters. The largest absolute Gasteiger partial charge is 0.350 e. The molecular weight excluding hydrogens is 307 g/mol. The summed E-state index contributed by atoms with van der Waals surface area (Å²) in [6.45, 7) is 2.06. The second-order valence-corrected chi connectivity index (χ2v) is 5.95. The zero-order valence-corrected chi connectivity index (χ0v) is 13.5. The molecule has 2 aromatic rings. The van der Waals surface area contributed by atoms with Crippen molar-refractivity contribution in [2.45, 2.75) is 32.2 Å². The van der Waals surface area contributed by atoms with Crippen molar-refractivity contribution in [3.63, 3.8) is 0 Å². The molecule has 5 nitrogen and oxygen atoms in total. The maximum atomic E-state index is 12.9. The quantitative estimate of drug-likeness (QED) is 0.936. The number of carbonyl (C=O) groups excluding carboxylic acids is 1. The van der Waals surface area contributed by atoms with E-state index in [0.717, 1.165) is 31.5 Å². The normalized spacial score (nSPS) is 15.0. The molecular formula is C18H21FN4O. The SMILES string of the molecule is O=C(c1ccnc(NCc2ccc(F)cc2)n1)N1CCCCCC1. The van der Waals surface area contributed by atoms with Crippen LogP contribution >= 0.6 is 0 Å². The lowest BCUT2D eigenvalue weighted by Gasteiger charge is -2.19. The molecule has 1 aliphatic rings. The van der Waals surface area contributed by atoms with Gasteiger partial charge in [0.05, 0.1) is 0 Å². The molecule has 0 bridgehead atoms. The number of hydrogen-bond donors (Lipinski definition) is 1. The van der Waals surface area contributed by atoms with Gasteiger partial charge in [0.25, 0.3) is 5.91 Å². The summed E-state index contributed by atoms with van der Waals surface area (Å²) in [6.07, 6.45) is 6.04. The van der Waals surface area contributed by atoms with Crippen LogP contribution in [-0.4, -0.2) is 33.9 Å². The van der Waals surface area contributed by atoms with Crippen molar-refractivity contribution >= 4 is 11.9 Å². The molecule has 1 aromatic carbocycles. The van der Waals surface area contributed by atoms with Crippen LogP contribution in [-0.2, 0) is 6.54 Å². The highest BCUT2D eigenvalue weighted by atomic mass is 19.1. The lowest BCUT2D eigenvalue weighted by molar-refractivity contribution is 0.0755. The predicted molar refractivity (Wildman–Crippen MR) is 90.1 cm³/mol. The van der Waals surface area contributed by atoms with Gasteiger partial charge in [-0.05, 0) is 36.6 Å². The Bertz CT molecular complexity index is 682. The average Bonchev–Trinajstić information content (AvgIpc) is 2.90. The number of benzene rings is 1.